The Labute approximate surface area is 67.0 Å². The lowest BCUT2D eigenvalue weighted by Crippen LogP contribution is -2.36. The number of rotatable bonds is 0. The van der Waals surface area contributed by atoms with Crippen molar-refractivity contribution in [1.29, 1.82) is 0 Å². The molecule has 0 radical (unpaired) electrons. The molecular formula is C9H14O2. The summed E-state index contributed by atoms with van der Waals surface area (Å²) in [6.45, 7) is 5.91. The van der Waals surface area contributed by atoms with Crippen LogP contribution in [0.3, 0.4) is 0 Å². The van der Waals surface area contributed by atoms with Gasteiger partial charge < -0.3 is 0 Å². The van der Waals surface area contributed by atoms with Crippen molar-refractivity contribution in [2.75, 3.05) is 0 Å². The Hall–Kier alpha value is -0.660. The van der Waals surface area contributed by atoms with E-state index in [1.165, 1.54) is 0 Å². The van der Waals surface area contributed by atoms with Crippen LogP contribution in [0, 0.1) is 11.3 Å². The SMILES string of the molecule is C[C@H]1CC(C)(C)CC(=O)C1=O. The highest BCUT2D eigenvalue weighted by molar-refractivity contribution is 6.38. The van der Waals surface area contributed by atoms with Crippen molar-refractivity contribution in [3.8, 4) is 0 Å². The zero-order chi connectivity index (χ0) is 8.65. The summed E-state index contributed by atoms with van der Waals surface area (Å²) in [5, 5.41) is 0. The lowest BCUT2D eigenvalue weighted by Gasteiger charge is -2.31. The summed E-state index contributed by atoms with van der Waals surface area (Å²) in [6, 6.07) is 0. The second-order valence-corrected chi connectivity index (χ2v) is 4.23. The van der Waals surface area contributed by atoms with E-state index in [-0.39, 0.29) is 22.9 Å². The molecule has 0 aliphatic heterocycles. The standard InChI is InChI=1S/C9H14O2/c1-6-4-9(2,3)5-7(10)8(6)11/h6H,4-5H2,1-3H3/t6-/m0/s1. The van der Waals surface area contributed by atoms with Crippen LogP contribution < -0.4 is 0 Å². The maximum Gasteiger partial charge on any atom is 0.201 e. The van der Waals surface area contributed by atoms with Crippen molar-refractivity contribution < 1.29 is 9.59 Å². The zero-order valence-corrected chi connectivity index (χ0v) is 7.31. The van der Waals surface area contributed by atoms with Gasteiger partial charge in [-0.05, 0) is 11.8 Å². The van der Waals surface area contributed by atoms with Gasteiger partial charge in [0.15, 0.2) is 5.78 Å². The zero-order valence-electron chi connectivity index (χ0n) is 7.31. The van der Waals surface area contributed by atoms with Crippen LogP contribution in [-0.2, 0) is 9.59 Å². The fourth-order valence-electron chi connectivity index (χ4n) is 1.79. The fourth-order valence-corrected chi connectivity index (χ4v) is 1.79. The third-order valence-electron chi connectivity index (χ3n) is 2.22. The van der Waals surface area contributed by atoms with Crippen molar-refractivity contribution in [2.45, 2.75) is 33.6 Å². The minimum absolute atomic E-state index is 0.0322. The first-order valence-electron chi connectivity index (χ1n) is 3.99. The van der Waals surface area contributed by atoms with Gasteiger partial charge in [-0.1, -0.05) is 20.8 Å². The molecule has 1 fully saturated rings. The third kappa shape index (κ3) is 1.67. The molecule has 0 N–H and O–H groups in total. The van der Waals surface area contributed by atoms with Crippen molar-refractivity contribution in [3.63, 3.8) is 0 Å². The van der Waals surface area contributed by atoms with Gasteiger partial charge in [0.2, 0.25) is 5.78 Å². The van der Waals surface area contributed by atoms with E-state index < -0.39 is 0 Å². The van der Waals surface area contributed by atoms with Crippen LogP contribution >= 0.6 is 0 Å². The van der Waals surface area contributed by atoms with Crippen LogP contribution in [0.15, 0.2) is 0 Å². The van der Waals surface area contributed by atoms with Gasteiger partial charge in [0.1, 0.15) is 0 Å². The number of hydrogen-bond donors (Lipinski definition) is 0. The molecule has 1 atom stereocenters. The van der Waals surface area contributed by atoms with Gasteiger partial charge in [0.05, 0.1) is 0 Å². The van der Waals surface area contributed by atoms with Gasteiger partial charge >= 0.3 is 0 Å². The number of hydrogen-bond acceptors (Lipinski definition) is 2. The highest BCUT2D eigenvalue weighted by atomic mass is 16.2. The molecule has 62 valence electrons. The number of carbonyl (C=O) groups excluding carboxylic acids is 2. The normalized spacial score (nSPS) is 30.6. The number of ketones is 2. The summed E-state index contributed by atoms with van der Waals surface area (Å²) in [5.41, 5.74) is 0.0322. The van der Waals surface area contributed by atoms with E-state index >= 15 is 0 Å². The van der Waals surface area contributed by atoms with Crippen LogP contribution in [0.5, 0.6) is 0 Å². The average Bonchev–Trinajstić information content (AvgIpc) is 1.81. The Morgan fingerprint density at radius 3 is 2.36 bits per heavy atom. The Morgan fingerprint density at radius 1 is 1.36 bits per heavy atom. The van der Waals surface area contributed by atoms with Crippen molar-refractivity contribution in [1.82, 2.24) is 0 Å². The van der Waals surface area contributed by atoms with Crippen LogP contribution in [0.4, 0.5) is 0 Å². The minimum Gasteiger partial charge on any atom is -0.291 e. The molecule has 0 aromatic heterocycles. The quantitative estimate of drug-likeness (QED) is 0.496. The molecule has 0 aromatic carbocycles. The number of carbonyl (C=O) groups is 2. The van der Waals surface area contributed by atoms with Crippen LogP contribution in [0.2, 0.25) is 0 Å². The molecule has 2 heteroatoms. The minimum atomic E-state index is -0.186. The molecule has 1 rings (SSSR count). The summed E-state index contributed by atoms with van der Waals surface area (Å²) in [5.74, 6) is -0.427. The van der Waals surface area contributed by atoms with Crippen LogP contribution in [-0.4, -0.2) is 11.6 Å². The molecule has 0 aromatic rings. The molecule has 1 aliphatic carbocycles. The van der Waals surface area contributed by atoms with E-state index in [9.17, 15) is 9.59 Å². The molecule has 0 amide bonds. The topological polar surface area (TPSA) is 34.1 Å². The molecule has 0 bridgehead atoms. The van der Waals surface area contributed by atoms with E-state index in [1.807, 2.05) is 20.8 Å². The molecule has 2 nitrogen and oxygen atoms in total. The summed E-state index contributed by atoms with van der Waals surface area (Å²) >= 11 is 0. The van der Waals surface area contributed by atoms with Crippen LogP contribution in [0.25, 0.3) is 0 Å². The highest BCUT2D eigenvalue weighted by Gasteiger charge is 2.36. The van der Waals surface area contributed by atoms with E-state index in [0.717, 1.165) is 6.42 Å². The first-order valence-corrected chi connectivity index (χ1v) is 3.99. The fraction of sp³-hybridized carbons (Fsp3) is 0.778. The maximum atomic E-state index is 11.1. The molecule has 0 saturated heterocycles. The van der Waals surface area contributed by atoms with Gasteiger partial charge in [-0.2, -0.15) is 0 Å². The Kier molecular flexibility index (Phi) is 1.87. The molecule has 11 heavy (non-hydrogen) atoms. The molecule has 0 unspecified atom stereocenters. The molecule has 0 spiro atoms. The predicted molar refractivity (Wildman–Crippen MR) is 42.2 cm³/mol. The second-order valence-electron chi connectivity index (χ2n) is 4.23. The monoisotopic (exact) mass is 154 g/mol. The summed E-state index contributed by atoms with van der Waals surface area (Å²) in [7, 11) is 0. The summed E-state index contributed by atoms with van der Waals surface area (Å²) in [6.07, 6.45) is 1.27. The lowest BCUT2D eigenvalue weighted by molar-refractivity contribution is -0.143. The van der Waals surface area contributed by atoms with Gasteiger partial charge in [-0.25, -0.2) is 0 Å². The highest BCUT2D eigenvalue weighted by Crippen LogP contribution is 2.34. The number of Topliss-reactive ketones (excluding diaryl/α,β-unsaturated/α-hetero) is 2. The molecule has 1 aliphatic rings. The molecule has 0 heterocycles. The average molecular weight is 154 g/mol. The molecule has 1 saturated carbocycles. The Morgan fingerprint density at radius 2 is 1.91 bits per heavy atom. The first-order chi connectivity index (χ1) is 4.92. The Balaban J connectivity index is 2.78. The van der Waals surface area contributed by atoms with Gasteiger partial charge in [0, 0.05) is 12.3 Å². The van der Waals surface area contributed by atoms with Gasteiger partial charge in [0.25, 0.3) is 0 Å². The maximum absolute atomic E-state index is 11.1. The summed E-state index contributed by atoms with van der Waals surface area (Å²) in [4.78, 5) is 22.1. The lowest BCUT2D eigenvalue weighted by atomic mass is 9.72. The largest absolute Gasteiger partial charge is 0.291 e. The van der Waals surface area contributed by atoms with Crippen molar-refractivity contribution in [2.24, 2.45) is 11.3 Å². The van der Waals surface area contributed by atoms with Crippen molar-refractivity contribution >= 4 is 11.6 Å². The van der Waals surface area contributed by atoms with Gasteiger partial charge in [-0.3, -0.25) is 9.59 Å². The Bertz CT molecular complexity index is 204. The van der Waals surface area contributed by atoms with Gasteiger partial charge in [-0.15, -0.1) is 0 Å². The first kappa shape index (κ1) is 8.44. The van der Waals surface area contributed by atoms with E-state index in [0.29, 0.717) is 6.42 Å². The third-order valence-corrected chi connectivity index (χ3v) is 2.22. The van der Waals surface area contributed by atoms with E-state index in [1.54, 1.807) is 0 Å². The van der Waals surface area contributed by atoms with E-state index in [2.05, 4.69) is 0 Å². The van der Waals surface area contributed by atoms with Crippen molar-refractivity contribution in [3.05, 3.63) is 0 Å². The second kappa shape index (κ2) is 2.43. The molecular weight excluding hydrogens is 140 g/mol. The predicted octanol–water partition coefficient (Wildman–Crippen LogP) is 1.58. The van der Waals surface area contributed by atoms with Crippen LogP contribution in [0.1, 0.15) is 33.6 Å². The summed E-state index contributed by atoms with van der Waals surface area (Å²) < 4.78 is 0. The smallest absolute Gasteiger partial charge is 0.201 e. The van der Waals surface area contributed by atoms with E-state index in [4.69, 9.17) is 0 Å².